The molecule has 0 aromatic rings. The van der Waals surface area contributed by atoms with Crippen LogP contribution in [0.1, 0.15) is 46.5 Å². The van der Waals surface area contributed by atoms with Gasteiger partial charge in [0.25, 0.3) is 0 Å². The van der Waals surface area contributed by atoms with Crippen LogP contribution in [0.2, 0.25) is 0 Å². The molecule has 1 aliphatic rings. The quantitative estimate of drug-likeness (QED) is 0.681. The second-order valence-electron chi connectivity index (χ2n) is 5.19. The van der Waals surface area contributed by atoms with Gasteiger partial charge in [-0.05, 0) is 18.8 Å². The van der Waals surface area contributed by atoms with Gasteiger partial charge in [0.2, 0.25) is 5.91 Å². The van der Waals surface area contributed by atoms with Gasteiger partial charge in [0, 0.05) is 24.4 Å². The van der Waals surface area contributed by atoms with E-state index >= 15 is 0 Å². The summed E-state index contributed by atoms with van der Waals surface area (Å²) in [6.45, 7) is 6.96. The van der Waals surface area contributed by atoms with E-state index in [2.05, 4.69) is 13.8 Å². The Kier molecular flexibility index (Phi) is 5.60. The van der Waals surface area contributed by atoms with Gasteiger partial charge in [0.05, 0.1) is 0 Å². The molecule has 3 heteroatoms. The molecule has 0 saturated heterocycles. The van der Waals surface area contributed by atoms with Crippen LogP contribution < -0.4 is 0 Å². The summed E-state index contributed by atoms with van der Waals surface area (Å²) in [5.74, 6) is 1.37. The van der Waals surface area contributed by atoms with E-state index in [-0.39, 0.29) is 5.92 Å². The molecule has 2 nitrogen and oxygen atoms in total. The summed E-state index contributed by atoms with van der Waals surface area (Å²) in [6, 6.07) is 0.451. The molecule has 0 bridgehead atoms. The molecule has 0 N–H and O–H groups in total. The van der Waals surface area contributed by atoms with Gasteiger partial charge in [0.15, 0.2) is 0 Å². The number of carbonyl (C=O) groups excluding carboxylic acids is 1. The van der Waals surface area contributed by atoms with Crippen LogP contribution in [0.5, 0.6) is 0 Å². The van der Waals surface area contributed by atoms with Gasteiger partial charge in [-0.2, -0.15) is 0 Å². The van der Waals surface area contributed by atoms with Crippen molar-refractivity contribution in [3.05, 3.63) is 0 Å². The number of rotatable bonds is 5. The molecule has 1 atom stereocenters. The fraction of sp³-hybridized carbons (Fsp3) is 0.923. The minimum absolute atomic E-state index is 0.115. The maximum Gasteiger partial charge on any atom is 0.225 e. The van der Waals surface area contributed by atoms with E-state index in [9.17, 15) is 4.79 Å². The van der Waals surface area contributed by atoms with Crippen molar-refractivity contribution in [2.24, 2.45) is 11.8 Å². The van der Waals surface area contributed by atoms with E-state index < -0.39 is 0 Å². The van der Waals surface area contributed by atoms with Crippen LogP contribution in [0.15, 0.2) is 0 Å². The molecule has 1 aliphatic carbocycles. The van der Waals surface area contributed by atoms with Crippen molar-refractivity contribution in [1.82, 2.24) is 4.90 Å². The lowest BCUT2D eigenvalue weighted by Gasteiger charge is -2.32. The van der Waals surface area contributed by atoms with Gasteiger partial charge >= 0.3 is 0 Å². The van der Waals surface area contributed by atoms with E-state index in [1.165, 1.54) is 12.8 Å². The lowest BCUT2D eigenvalue weighted by molar-refractivity contribution is -0.138. The normalized spacial score (nSPS) is 19.1. The van der Waals surface area contributed by atoms with E-state index in [1.807, 2.05) is 11.8 Å². The average Bonchev–Trinajstić information content (AvgIpc) is 2.76. The first kappa shape index (κ1) is 13.8. The molecule has 1 saturated carbocycles. The zero-order valence-electron chi connectivity index (χ0n) is 10.7. The second-order valence-corrected chi connectivity index (χ2v) is 5.57. The number of halogens is 1. The minimum atomic E-state index is 0.115. The lowest BCUT2D eigenvalue weighted by Crippen LogP contribution is -2.44. The Morgan fingerprint density at radius 3 is 2.31 bits per heavy atom. The summed E-state index contributed by atoms with van der Waals surface area (Å²) in [5, 5.41) is 0. The van der Waals surface area contributed by atoms with Crippen LogP contribution in [0, 0.1) is 11.8 Å². The molecular weight excluding hydrogens is 222 g/mol. The van der Waals surface area contributed by atoms with Crippen molar-refractivity contribution >= 4 is 17.5 Å². The largest absolute Gasteiger partial charge is 0.338 e. The Balaban J connectivity index is 2.64. The second kappa shape index (κ2) is 6.48. The SMILES string of the molecule is CC(C)C(C)C(=O)N(CCCl)C1CCCC1. The van der Waals surface area contributed by atoms with Crippen molar-refractivity contribution in [2.45, 2.75) is 52.5 Å². The van der Waals surface area contributed by atoms with Crippen LogP contribution in [-0.4, -0.2) is 29.3 Å². The highest BCUT2D eigenvalue weighted by molar-refractivity contribution is 6.18. The smallest absolute Gasteiger partial charge is 0.225 e. The molecule has 1 fully saturated rings. The third-order valence-electron chi connectivity index (χ3n) is 3.76. The Morgan fingerprint density at radius 1 is 1.31 bits per heavy atom. The molecule has 0 spiro atoms. The third kappa shape index (κ3) is 3.38. The summed E-state index contributed by atoms with van der Waals surface area (Å²) < 4.78 is 0. The number of nitrogens with zero attached hydrogens (tertiary/aromatic N) is 1. The predicted octanol–water partition coefficient (Wildman–Crippen LogP) is 3.29. The van der Waals surface area contributed by atoms with Crippen molar-refractivity contribution in [3.63, 3.8) is 0 Å². The number of carbonyl (C=O) groups is 1. The fourth-order valence-electron chi connectivity index (χ4n) is 2.33. The summed E-state index contributed by atoms with van der Waals surface area (Å²) in [5.41, 5.74) is 0. The summed E-state index contributed by atoms with van der Waals surface area (Å²) in [7, 11) is 0. The van der Waals surface area contributed by atoms with E-state index in [0.717, 1.165) is 12.8 Å². The van der Waals surface area contributed by atoms with Crippen molar-refractivity contribution in [3.8, 4) is 0 Å². The van der Waals surface area contributed by atoms with Crippen LogP contribution in [-0.2, 0) is 4.79 Å². The predicted molar refractivity (Wildman–Crippen MR) is 68.7 cm³/mol. The third-order valence-corrected chi connectivity index (χ3v) is 3.93. The van der Waals surface area contributed by atoms with E-state index in [1.54, 1.807) is 0 Å². The molecule has 1 amide bonds. The molecule has 0 radical (unpaired) electrons. The number of hydrogen-bond donors (Lipinski definition) is 0. The number of alkyl halides is 1. The molecule has 94 valence electrons. The first-order chi connectivity index (χ1) is 7.57. The van der Waals surface area contributed by atoms with Crippen LogP contribution in [0.4, 0.5) is 0 Å². The van der Waals surface area contributed by atoms with Crippen LogP contribution in [0.25, 0.3) is 0 Å². The Hall–Kier alpha value is -0.240. The highest BCUT2D eigenvalue weighted by atomic mass is 35.5. The van der Waals surface area contributed by atoms with Gasteiger partial charge in [-0.25, -0.2) is 0 Å². The first-order valence-corrected chi connectivity index (χ1v) is 6.97. The molecule has 1 rings (SSSR count). The highest BCUT2D eigenvalue weighted by Crippen LogP contribution is 2.26. The standard InChI is InChI=1S/C13H24ClNO/c1-10(2)11(3)13(16)15(9-8-14)12-6-4-5-7-12/h10-12H,4-9H2,1-3H3. The number of amides is 1. The topological polar surface area (TPSA) is 20.3 Å². The monoisotopic (exact) mass is 245 g/mol. The van der Waals surface area contributed by atoms with Gasteiger partial charge in [-0.1, -0.05) is 33.6 Å². The zero-order chi connectivity index (χ0) is 12.1. The van der Waals surface area contributed by atoms with Gasteiger partial charge < -0.3 is 4.90 Å². The fourth-order valence-corrected chi connectivity index (χ4v) is 2.51. The summed E-state index contributed by atoms with van der Waals surface area (Å²) in [4.78, 5) is 14.4. The lowest BCUT2D eigenvalue weighted by atomic mass is 9.95. The zero-order valence-corrected chi connectivity index (χ0v) is 11.5. The van der Waals surface area contributed by atoms with Crippen molar-refractivity contribution < 1.29 is 4.79 Å². The first-order valence-electron chi connectivity index (χ1n) is 6.44. The highest BCUT2D eigenvalue weighted by Gasteiger charge is 2.29. The van der Waals surface area contributed by atoms with Gasteiger partial charge in [-0.15, -0.1) is 11.6 Å². The summed E-state index contributed by atoms with van der Waals surface area (Å²) >= 11 is 5.81. The van der Waals surface area contributed by atoms with Crippen LogP contribution >= 0.6 is 11.6 Å². The Bertz CT molecular complexity index is 224. The summed E-state index contributed by atoms with van der Waals surface area (Å²) in [6.07, 6.45) is 4.83. The van der Waals surface area contributed by atoms with Crippen LogP contribution in [0.3, 0.4) is 0 Å². The molecule has 0 aliphatic heterocycles. The maximum atomic E-state index is 12.3. The molecule has 0 aromatic carbocycles. The minimum Gasteiger partial charge on any atom is -0.338 e. The van der Waals surface area contributed by atoms with Crippen molar-refractivity contribution in [1.29, 1.82) is 0 Å². The number of hydrogen-bond acceptors (Lipinski definition) is 1. The molecular formula is C13H24ClNO. The van der Waals surface area contributed by atoms with E-state index in [0.29, 0.717) is 30.3 Å². The maximum absolute atomic E-state index is 12.3. The van der Waals surface area contributed by atoms with Crippen molar-refractivity contribution in [2.75, 3.05) is 12.4 Å². The van der Waals surface area contributed by atoms with Gasteiger partial charge in [0.1, 0.15) is 0 Å². The molecule has 0 heterocycles. The Labute approximate surface area is 104 Å². The average molecular weight is 246 g/mol. The Morgan fingerprint density at radius 2 is 1.88 bits per heavy atom. The molecule has 1 unspecified atom stereocenters. The van der Waals surface area contributed by atoms with Gasteiger partial charge in [-0.3, -0.25) is 4.79 Å². The molecule has 0 aromatic heterocycles. The molecule has 16 heavy (non-hydrogen) atoms. The van der Waals surface area contributed by atoms with E-state index in [4.69, 9.17) is 11.6 Å².